The number of hydrogen-bond acceptors (Lipinski definition) is 3. The van der Waals surface area contributed by atoms with Gasteiger partial charge in [0.1, 0.15) is 0 Å². The Morgan fingerprint density at radius 2 is 1.81 bits per heavy atom. The van der Waals surface area contributed by atoms with Crippen molar-refractivity contribution in [2.45, 2.75) is 12.8 Å². The van der Waals surface area contributed by atoms with E-state index in [2.05, 4.69) is 10.2 Å². The van der Waals surface area contributed by atoms with Crippen LogP contribution in [-0.4, -0.2) is 55.3 Å². The predicted octanol–water partition coefficient (Wildman–Crippen LogP) is 1.43. The summed E-state index contributed by atoms with van der Waals surface area (Å²) in [4.78, 5) is 27.6. The number of carbonyl (C=O) groups excluding carboxylic acids is 2. The molecule has 0 unspecified atom stereocenters. The van der Waals surface area contributed by atoms with Gasteiger partial charge in [0.25, 0.3) is 0 Å². The Labute approximate surface area is 125 Å². The lowest BCUT2D eigenvalue weighted by atomic mass is 9.95. The van der Waals surface area contributed by atoms with Crippen LogP contribution in [0.15, 0.2) is 30.3 Å². The zero-order chi connectivity index (χ0) is 15.2. The standard InChI is InChI=1S/C16H23N3O2/c1-18(2)16(21)13-8-10-19(11-9-13)12-15(20)17-14-6-4-3-5-7-14/h3-7,13H,8-12H2,1-2H3,(H,17,20). The number of anilines is 1. The van der Waals surface area contributed by atoms with E-state index >= 15 is 0 Å². The van der Waals surface area contributed by atoms with Gasteiger partial charge in [-0.15, -0.1) is 0 Å². The Hall–Kier alpha value is -1.88. The van der Waals surface area contributed by atoms with Crippen molar-refractivity contribution in [3.63, 3.8) is 0 Å². The van der Waals surface area contributed by atoms with Crippen molar-refractivity contribution >= 4 is 17.5 Å². The number of hydrogen-bond donors (Lipinski definition) is 1. The molecule has 0 radical (unpaired) electrons. The van der Waals surface area contributed by atoms with Crippen LogP contribution < -0.4 is 5.32 Å². The maximum Gasteiger partial charge on any atom is 0.238 e. The van der Waals surface area contributed by atoms with E-state index in [0.717, 1.165) is 31.6 Å². The predicted molar refractivity (Wildman–Crippen MR) is 82.9 cm³/mol. The maximum absolute atomic E-state index is 12.0. The van der Waals surface area contributed by atoms with E-state index in [1.165, 1.54) is 0 Å². The fourth-order valence-electron chi connectivity index (χ4n) is 2.63. The number of piperidine rings is 1. The average Bonchev–Trinajstić information content (AvgIpc) is 2.48. The molecule has 1 aliphatic heterocycles. The number of carbonyl (C=O) groups is 2. The van der Waals surface area contributed by atoms with Crippen LogP contribution in [0.5, 0.6) is 0 Å². The van der Waals surface area contributed by atoms with Crippen molar-refractivity contribution in [1.29, 1.82) is 0 Å². The molecule has 1 heterocycles. The summed E-state index contributed by atoms with van der Waals surface area (Å²) in [6.07, 6.45) is 1.66. The second-order valence-electron chi connectivity index (χ2n) is 5.70. The first-order chi connectivity index (χ1) is 10.1. The zero-order valence-electron chi connectivity index (χ0n) is 12.7. The number of para-hydroxylation sites is 1. The topological polar surface area (TPSA) is 52.7 Å². The lowest BCUT2D eigenvalue weighted by Crippen LogP contribution is -2.42. The van der Waals surface area contributed by atoms with Crippen LogP contribution in [0.1, 0.15) is 12.8 Å². The number of likely N-dealkylation sites (tertiary alicyclic amines) is 1. The van der Waals surface area contributed by atoms with Crippen LogP contribution in [-0.2, 0) is 9.59 Å². The van der Waals surface area contributed by atoms with Crippen molar-refractivity contribution in [2.24, 2.45) is 5.92 Å². The van der Waals surface area contributed by atoms with E-state index in [1.807, 2.05) is 30.3 Å². The normalized spacial score (nSPS) is 16.5. The summed E-state index contributed by atoms with van der Waals surface area (Å²) < 4.78 is 0. The van der Waals surface area contributed by atoms with Gasteiger partial charge in [-0.25, -0.2) is 0 Å². The van der Waals surface area contributed by atoms with Gasteiger partial charge in [-0.3, -0.25) is 14.5 Å². The highest BCUT2D eigenvalue weighted by molar-refractivity contribution is 5.92. The molecule has 5 nitrogen and oxygen atoms in total. The Bertz CT molecular complexity index is 480. The molecule has 2 amide bonds. The number of benzene rings is 1. The first-order valence-electron chi connectivity index (χ1n) is 7.34. The third-order valence-corrected chi connectivity index (χ3v) is 3.80. The summed E-state index contributed by atoms with van der Waals surface area (Å²) in [5, 5.41) is 2.89. The monoisotopic (exact) mass is 289 g/mol. The second-order valence-corrected chi connectivity index (χ2v) is 5.70. The quantitative estimate of drug-likeness (QED) is 0.912. The molecule has 21 heavy (non-hydrogen) atoms. The molecule has 1 saturated heterocycles. The maximum atomic E-state index is 12.0. The minimum atomic E-state index is -0.00131. The van der Waals surface area contributed by atoms with Crippen LogP contribution in [0.4, 0.5) is 5.69 Å². The number of nitrogens with zero attached hydrogens (tertiary/aromatic N) is 2. The molecule has 1 aliphatic rings. The fraction of sp³-hybridized carbons (Fsp3) is 0.500. The van der Waals surface area contributed by atoms with E-state index < -0.39 is 0 Å². The molecule has 1 N–H and O–H groups in total. The largest absolute Gasteiger partial charge is 0.349 e. The van der Waals surface area contributed by atoms with Crippen LogP contribution >= 0.6 is 0 Å². The van der Waals surface area contributed by atoms with Gasteiger partial charge < -0.3 is 10.2 Å². The summed E-state index contributed by atoms with van der Waals surface area (Å²) in [5.41, 5.74) is 0.820. The molecule has 0 aliphatic carbocycles. The summed E-state index contributed by atoms with van der Waals surface area (Å²) in [7, 11) is 3.59. The molecule has 2 rings (SSSR count). The van der Waals surface area contributed by atoms with E-state index in [1.54, 1.807) is 19.0 Å². The summed E-state index contributed by atoms with van der Waals surface area (Å²) in [6.45, 7) is 1.98. The van der Waals surface area contributed by atoms with E-state index in [0.29, 0.717) is 6.54 Å². The Balaban J connectivity index is 1.76. The first kappa shape index (κ1) is 15.5. The van der Waals surface area contributed by atoms with Crippen molar-refractivity contribution < 1.29 is 9.59 Å². The van der Waals surface area contributed by atoms with Crippen LogP contribution in [0.25, 0.3) is 0 Å². The Morgan fingerprint density at radius 1 is 1.19 bits per heavy atom. The molecule has 5 heteroatoms. The van der Waals surface area contributed by atoms with Gasteiger partial charge in [-0.05, 0) is 38.1 Å². The highest BCUT2D eigenvalue weighted by Gasteiger charge is 2.26. The summed E-state index contributed by atoms with van der Waals surface area (Å²) in [5.74, 6) is 0.301. The average molecular weight is 289 g/mol. The van der Waals surface area contributed by atoms with Gasteiger partial charge in [0.15, 0.2) is 0 Å². The molecule has 0 bridgehead atoms. The minimum Gasteiger partial charge on any atom is -0.349 e. The fourth-order valence-corrected chi connectivity index (χ4v) is 2.63. The zero-order valence-corrected chi connectivity index (χ0v) is 12.7. The molecule has 0 aromatic heterocycles. The number of rotatable bonds is 4. The highest BCUT2D eigenvalue weighted by Crippen LogP contribution is 2.18. The highest BCUT2D eigenvalue weighted by atomic mass is 16.2. The second kappa shape index (κ2) is 7.22. The van der Waals surface area contributed by atoms with Crippen molar-refractivity contribution in [1.82, 2.24) is 9.80 Å². The lowest BCUT2D eigenvalue weighted by molar-refractivity contribution is -0.134. The number of amides is 2. The van der Waals surface area contributed by atoms with Crippen LogP contribution in [0.2, 0.25) is 0 Å². The van der Waals surface area contributed by atoms with Gasteiger partial charge in [0.05, 0.1) is 6.54 Å². The van der Waals surface area contributed by atoms with Crippen molar-refractivity contribution in [3.05, 3.63) is 30.3 Å². The molecule has 1 aromatic carbocycles. The van der Waals surface area contributed by atoms with Gasteiger partial charge in [-0.2, -0.15) is 0 Å². The molecule has 1 aromatic rings. The van der Waals surface area contributed by atoms with Gasteiger partial charge in [-0.1, -0.05) is 18.2 Å². The Morgan fingerprint density at radius 3 is 2.38 bits per heavy atom. The lowest BCUT2D eigenvalue weighted by Gasteiger charge is -2.31. The SMILES string of the molecule is CN(C)C(=O)C1CCN(CC(=O)Nc2ccccc2)CC1. The van der Waals surface area contributed by atoms with E-state index in [4.69, 9.17) is 0 Å². The van der Waals surface area contributed by atoms with Crippen molar-refractivity contribution in [2.75, 3.05) is 39.0 Å². The number of nitrogens with one attached hydrogen (secondary N) is 1. The molecule has 0 spiro atoms. The smallest absolute Gasteiger partial charge is 0.238 e. The van der Waals surface area contributed by atoms with Crippen LogP contribution in [0.3, 0.4) is 0 Å². The van der Waals surface area contributed by atoms with E-state index in [9.17, 15) is 9.59 Å². The molecule has 114 valence electrons. The first-order valence-corrected chi connectivity index (χ1v) is 7.34. The molecular formula is C16H23N3O2. The minimum absolute atomic E-state index is 0.00131. The van der Waals surface area contributed by atoms with Crippen molar-refractivity contribution in [3.8, 4) is 0 Å². The molecule has 0 saturated carbocycles. The third-order valence-electron chi connectivity index (χ3n) is 3.80. The molecular weight excluding hydrogens is 266 g/mol. The Kier molecular flexibility index (Phi) is 5.33. The van der Waals surface area contributed by atoms with E-state index in [-0.39, 0.29) is 17.7 Å². The summed E-state index contributed by atoms with van der Waals surface area (Å²) >= 11 is 0. The van der Waals surface area contributed by atoms with Gasteiger partial charge in [0.2, 0.25) is 11.8 Å². The summed E-state index contributed by atoms with van der Waals surface area (Å²) in [6, 6.07) is 9.46. The molecule has 0 atom stereocenters. The molecule has 1 fully saturated rings. The van der Waals surface area contributed by atoms with Gasteiger partial charge in [0, 0.05) is 25.7 Å². The van der Waals surface area contributed by atoms with Crippen LogP contribution in [0, 0.1) is 5.92 Å². The third kappa shape index (κ3) is 4.56. The van der Waals surface area contributed by atoms with Gasteiger partial charge >= 0.3 is 0 Å².